The van der Waals surface area contributed by atoms with Crippen LogP contribution in [0.1, 0.15) is 36.8 Å². The van der Waals surface area contributed by atoms with Crippen LogP contribution in [-0.2, 0) is 6.42 Å². The summed E-state index contributed by atoms with van der Waals surface area (Å²) >= 11 is 0. The molecular formula is C16H20F4O. The van der Waals surface area contributed by atoms with Gasteiger partial charge in [-0.3, -0.25) is 0 Å². The second kappa shape index (κ2) is 6.34. The van der Waals surface area contributed by atoms with Crippen LogP contribution >= 0.6 is 0 Å². The van der Waals surface area contributed by atoms with Crippen LogP contribution in [0.15, 0.2) is 18.2 Å². The molecule has 1 saturated carbocycles. The molecule has 1 aliphatic rings. The van der Waals surface area contributed by atoms with E-state index in [0.29, 0.717) is 18.4 Å². The highest BCUT2D eigenvalue weighted by Gasteiger charge is 2.43. The Morgan fingerprint density at radius 1 is 1.29 bits per heavy atom. The maximum absolute atomic E-state index is 13.2. The van der Waals surface area contributed by atoms with Crippen molar-refractivity contribution in [3.63, 3.8) is 0 Å². The molecule has 0 aromatic heterocycles. The van der Waals surface area contributed by atoms with Crippen LogP contribution in [0.3, 0.4) is 0 Å². The van der Waals surface area contributed by atoms with E-state index in [1.807, 2.05) is 0 Å². The van der Waals surface area contributed by atoms with Gasteiger partial charge >= 0.3 is 6.18 Å². The fraction of sp³-hybridized carbons (Fsp3) is 0.625. The monoisotopic (exact) mass is 304 g/mol. The van der Waals surface area contributed by atoms with Crippen molar-refractivity contribution in [3.05, 3.63) is 35.1 Å². The number of rotatable bonds is 3. The molecule has 1 N–H and O–H groups in total. The first-order valence-corrected chi connectivity index (χ1v) is 7.27. The maximum Gasteiger partial charge on any atom is 0.391 e. The van der Waals surface area contributed by atoms with Gasteiger partial charge in [0.2, 0.25) is 0 Å². The van der Waals surface area contributed by atoms with E-state index in [4.69, 9.17) is 0 Å². The largest absolute Gasteiger partial charge is 0.392 e. The Balaban J connectivity index is 2.02. The van der Waals surface area contributed by atoms with E-state index < -0.39 is 18.2 Å². The number of hydrogen-bond acceptors (Lipinski definition) is 1. The van der Waals surface area contributed by atoms with Gasteiger partial charge in [0.25, 0.3) is 0 Å². The number of halogens is 4. The minimum Gasteiger partial charge on any atom is -0.392 e. The molecule has 0 heterocycles. The van der Waals surface area contributed by atoms with Crippen molar-refractivity contribution < 1.29 is 22.7 Å². The number of benzene rings is 1. The summed E-state index contributed by atoms with van der Waals surface area (Å²) in [5, 5.41) is 10.2. The second-order valence-electron chi connectivity index (χ2n) is 6.01. The summed E-state index contributed by atoms with van der Waals surface area (Å²) in [6.07, 6.45) is -3.64. The molecule has 118 valence electrons. The van der Waals surface area contributed by atoms with Crippen molar-refractivity contribution in [1.82, 2.24) is 0 Å². The first-order chi connectivity index (χ1) is 9.77. The average molecular weight is 304 g/mol. The summed E-state index contributed by atoms with van der Waals surface area (Å²) in [7, 11) is 0. The summed E-state index contributed by atoms with van der Waals surface area (Å²) in [4.78, 5) is 0. The van der Waals surface area contributed by atoms with Crippen LogP contribution in [0.5, 0.6) is 0 Å². The molecule has 1 aliphatic carbocycles. The van der Waals surface area contributed by atoms with E-state index >= 15 is 0 Å². The molecule has 0 radical (unpaired) electrons. The Kier molecular flexibility index (Phi) is 4.91. The molecular weight excluding hydrogens is 284 g/mol. The third kappa shape index (κ3) is 4.19. The van der Waals surface area contributed by atoms with Crippen molar-refractivity contribution in [2.45, 2.75) is 51.3 Å². The minimum atomic E-state index is -4.19. The van der Waals surface area contributed by atoms with Crippen molar-refractivity contribution in [2.75, 3.05) is 0 Å². The zero-order valence-electron chi connectivity index (χ0n) is 12.0. The summed E-state index contributed by atoms with van der Waals surface area (Å²) in [6.45, 7) is 1.81. The van der Waals surface area contributed by atoms with E-state index in [1.165, 1.54) is 12.1 Å². The highest BCUT2D eigenvalue weighted by Crippen LogP contribution is 2.41. The Morgan fingerprint density at radius 2 is 2.00 bits per heavy atom. The van der Waals surface area contributed by atoms with Crippen LogP contribution in [0.4, 0.5) is 17.6 Å². The fourth-order valence-electron chi connectivity index (χ4n) is 3.13. The lowest BCUT2D eigenvalue weighted by molar-refractivity contribution is -0.188. The molecule has 1 nitrogen and oxygen atoms in total. The predicted octanol–water partition coefficient (Wildman–Crippen LogP) is 4.41. The first kappa shape index (κ1) is 16.3. The van der Waals surface area contributed by atoms with Crippen LogP contribution in [-0.4, -0.2) is 17.4 Å². The Hall–Kier alpha value is -1.10. The highest BCUT2D eigenvalue weighted by atomic mass is 19.4. The van der Waals surface area contributed by atoms with Gasteiger partial charge in [0, 0.05) is 0 Å². The number of alkyl halides is 3. The summed E-state index contributed by atoms with van der Waals surface area (Å²) in [6, 6.07) is 4.31. The molecule has 21 heavy (non-hydrogen) atoms. The highest BCUT2D eigenvalue weighted by molar-refractivity contribution is 5.27. The minimum absolute atomic E-state index is 0.0287. The molecule has 0 amide bonds. The maximum atomic E-state index is 13.2. The third-order valence-electron chi connectivity index (χ3n) is 4.46. The number of aliphatic hydroxyl groups excluding tert-OH is 1. The summed E-state index contributed by atoms with van der Waals surface area (Å²) in [5.74, 6) is -2.08. The molecule has 1 fully saturated rings. The van der Waals surface area contributed by atoms with Crippen molar-refractivity contribution in [1.29, 1.82) is 0 Å². The van der Waals surface area contributed by atoms with Gasteiger partial charge in [0.15, 0.2) is 0 Å². The third-order valence-corrected chi connectivity index (χ3v) is 4.46. The molecule has 0 bridgehead atoms. The van der Waals surface area contributed by atoms with E-state index in [0.717, 1.165) is 5.56 Å². The molecule has 3 unspecified atom stereocenters. The smallest absolute Gasteiger partial charge is 0.391 e. The van der Waals surface area contributed by atoms with Gasteiger partial charge in [-0.15, -0.1) is 0 Å². The zero-order valence-corrected chi connectivity index (χ0v) is 12.0. The van der Waals surface area contributed by atoms with Gasteiger partial charge < -0.3 is 5.11 Å². The molecule has 0 spiro atoms. The van der Waals surface area contributed by atoms with Gasteiger partial charge in [-0.05, 0) is 61.8 Å². The van der Waals surface area contributed by atoms with Gasteiger partial charge in [0.05, 0.1) is 12.0 Å². The van der Waals surface area contributed by atoms with E-state index in [1.54, 1.807) is 13.0 Å². The lowest BCUT2D eigenvalue weighted by Gasteiger charge is -2.33. The molecule has 2 rings (SSSR count). The van der Waals surface area contributed by atoms with E-state index in [-0.39, 0.29) is 31.0 Å². The molecule has 1 aromatic rings. The molecule has 5 heteroatoms. The fourth-order valence-corrected chi connectivity index (χ4v) is 3.13. The quantitative estimate of drug-likeness (QED) is 0.820. The topological polar surface area (TPSA) is 20.2 Å². The average Bonchev–Trinajstić information content (AvgIpc) is 2.42. The number of hydrogen-bond donors (Lipinski definition) is 1. The molecule has 0 aliphatic heterocycles. The number of aryl methyl sites for hydroxylation is 1. The summed E-state index contributed by atoms with van der Waals surface area (Å²) < 4.78 is 51.6. The standard InChI is InChI=1S/C16H20F4O/c1-10-5-6-14(17)8-12(10)9-15(21)11-3-2-4-13(7-11)16(18,19)20/h5-6,8,11,13,15,21H,2-4,7,9H2,1H3. The van der Waals surface area contributed by atoms with E-state index in [9.17, 15) is 22.7 Å². The Labute approximate surface area is 122 Å². The Bertz CT molecular complexity index is 484. The molecule has 3 atom stereocenters. The zero-order chi connectivity index (χ0) is 15.6. The van der Waals surface area contributed by atoms with Gasteiger partial charge in [-0.25, -0.2) is 4.39 Å². The first-order valence-electron chi connectivity index (χ1n) is 7.27. The molecule has 1 aromatic carbocycles. The van der Waals surface area contributed by atoms with Gasteiger partial charge in [-0.2, -0.15) is 13.2 Å². The van der Waals surface area contributed by atoms with Crippen LogP contribution in [0, 0.1) is 24.6 Å². The predicted molar refractivity (Wildman–Crippen MR) is 72.4 cm³/mol. The van der Waals surface area contributed by atoms with Crippen molar-refractivity contribution in [2.24, 2.45) is 11.8 Å². The van der Waals surface area contributed by atoms with Crippen LogP contribution in [0.25, 0.3) is 0 Å². The Morgan fingerprint density at radius 3 is 2.67 bits per heavy atom. The summed E-state index contributed by atoms with van der Waals surface area (Å²) in [5.41, 5.74) is 1.51. The van der Waals surface area contributed by atoms with Crippen molar-refractivity contribution in [3.8, 4) is 0 Å². The normalized spacial score (nSPS) is 24.9. The van der Waals surface area contributed by atoms with Crippen LogP contribution in [0.2, 0.25) is 0 Å². The van der Waals surface area contributed by atoms with Crippen LogP contribution < -0.4 is 0 Å². The SMILES string of the molecule is Cc1ccc(F)cc1CC(O)C1CCCC(C(F)(F)F)C1. The lowest BCUT2D eigenvalue weighted by atomic mass is 9.77. The molecule has 0 saturated heterocycles. The number of aliphatic hydroxyl groups is 1. The van der Waals surface area contributed by atoms with Crippen molar-refractivity contribution >= 4 is 0 Å². The lowest BCUT2D eigenvalue weighted by Crippen LogP contribution is -2.34. The second-order valence-corrected chi connectivity index (χ2v) is 6.01. The van der Waals surface area contributed by atoms with E-state index in [2.05, 4.69) is 0 Å². The van der Waals surface area contributed by atoms with Gasteiger partial charge in [0.1, 0.15) is 5.82 Å². The van der Waals surface area contributed by atoms with Gasteiger partial charge in [-0.1, -0.05) is 12.5 Å².